The van der Waals surface area contributed by atoms with Gasteiger partial charge in [-0.25, -0.2) is 5.43 Å². The molecule has 1 saturated heterocycles. The van der Waals surface area contributed by atoms with Gasteiger partial charge in [0.15, 0.2) is 0 Å². The Labute approximate surface area is 110 Å². The lowest BCUT2D eigenvalue weighted by atomic mass is 9.75. The van der Waals surface area contributed by atoms with Crippen molar-refractivity contribution in [1.82, 2.24) is 10.9 Å². The van der Waals surface area contributed by atoms with E-state index in [1.807, 2.05) is 0 Å². The molecule has 0 atom stereocenters. The monoisotopic (exact) mass is 265 g/mol. The molecular formula is C12H15N3O4. The lowest BCUT2D eigenvalue weighted by Crippen LogP contribution is -2.51. The number of amides is 1. The highest BCUT2D eigenvalue weighted by molar-refractivity contribution is 5.77. The van der Waals surface area contributed by atoms with Gasteiger partial charge in [0.25, 0.3) is 5.69 Å². The van der Waals surface area contributed by atoms with Gasteiger partial charge < -0.3 is 4.74 Å². The average molecular weight is 265 g/mol. The lowest BCUT2D eigenvalue weighted by Gasteiger charge is -2.41. The van der Waals surface area contributed by atoms with E-state index in [1.54, 1.807) is 19.2 Å². The van der Waals surface area contributed by atoms with Gasteiger partial charge in [-0.2, -0.15) is 0 Å². The Kier molecular flexibility index (Phi) is 3.77. The number of nitrogens with one attached hydrogen (secondary N) is 2. The molecular weight excluding hydrogens is 250 g/mol. The first-order chi connectivity index (χ1) is 9.07. The van der Waals surface area contributed by atoms with E-state index in [0.717, 1.165) is 5.56 Å². The van der Waals surface area contributed by atoms with E-state index in [0.29, 0.717) is 13.2 Å². The molecule has 2 rings (SSSR count). The minimum Gasteiger partial charge on any atom is -0.379 e. The Morgan fingerprint density at radius 1 is 1.53 bits per heavy atom. The third kappa shape index (κ3) is 2.72. The molecule has 7 nitrogen and oxygen atoms in total. The maximum Gasteiger partial charge on any atom is 0.269 e. The van der Waals surface area contributed by atoms with Gasteiger partial charge in [-0.3, -0.25) is 20.3 Å². The molecule has 1 aromatic carbocycles. The Morgan fingerprint density at radius 3 is 2.79 bits per heavy atom. The van der Waals surface area contributed by atoms with Crippen molar-refractivity contribution in [2.45, 2.75) is 11.8 Å². The summed E-state index contributed by atoms with van der Waals surface area (Å²) in [5.41, 5.74) is 5.39. The van der Waals surface area contributed by atoms with Gasteiger partial charge in [-0.15, -0.1) is 0 Å². The van der Waals surface area contributed by atoms with Crippen LogP contribution in [0.5, 0.6) is 0 Å². The third-order valence-corrected chi connectivity index (χ3v) is 3.19. The fourth-order valence-corrected chi connectivity index (χ4v) is 2.16. The number of hydrogen-bond donors (Lipinski definition) is 2. The quantitative estimate of drug-likeness (QED) is 0.597. The molecule has 1 heterocycles. The summed E-state index contributed by atoms with van der Waals surface area (Å²) in [6.45, 7) is 0.788. The fraction of sp³-hybridized carbons (Fsp3) is 0.417. The summed E-state index contributed by atoms with van der Waals surface area (Å²) >= 11 is 0. The number of carbonyl (C=O) groups excluding carboxylic acids is 1. The Bertz CT molecular complexity index is 500. The van der Waals surface area contributed by atoms with Crippen LogP contribution in [0.15, 0.2) is 24.3 Å². The van der Waals surface area contributed by atoms with Crippen molar-refractivity contribution in [3.05, 3.63) is 39.9 Å². The highest BCUT2D eigenvalue weighted by Gasteiger charge is 2.42. The Balaban J connectivity index is 2.23. The van der Waals surface area contributed by atoms with Crippen LogP contribution in [0.2, 0.25) is 0 Å². The van der Waals surface area contributed by atoms with E-state index in [2.05, 4.69) is 10.9 Å². The van der Waals surface area contributed by atoms with Gasteiger partial charge in [0.05, 0.1) is 23.6 Å². The number of hydrogen-bond acceptors (Lipinski definition) is 5. The van der Waals surface area contributed by atoms with Crippen LogP contribution in [0, 0.1) is 10.1 Å². The van der Waals surface area contributed by atoms with Crippen LogP contribution in [0.4, 0.5) is 5.69 Å². The van der Waals surface area contributed by atoms with Crippen LogP contribution in [0.25, 0.3) is 0 Å². The molecule has 0 unspecified atom stereocenters. The van der Waals surface area contributed by atoms with Gasteiger partial charge in [0.1, 0.15) is 0 Å². The highest BCUT2D eigenvalue weighted by atomic mass is 16.6. The van der Waals surface area contributed by atoms with Crippen LogP contribution in [0.1, 0.15) is 12.0 Å². The fourth-order valence-electron chi connectivity index (χ4n) is 2.16. The van der Waals surface area contributed by atoms with E-state index in [-0.39, 0.29) is 18.0 Å². The van der Waals surface area contributed by atoms with Gasteiger partial charge >= 0.3 is 0 Å². The van der Waals surface area contributed by atoms with E-state index >= 15 is 0 Å². The predicted molar refractivity (Wildman–Crippen MR) is 67.4 cm³/mol. The van der Waals surface area contributed by atoms with Crippen LogP contribution in [-0.4, -0.2) is 31.1 Å². The second kappa shape index (κ2) is 5.33. The van der Waals surface area contributed by atoms with E-state index in [4.69, 9.17) is 4.74 Å². The maximum absolute atomic E-state index is 11.7. The van der Waals surface area contributed by atoms with Crippen molar-refractivity contribution in [2.75, 3.05) is 20.3 Å². The van der Waals surface area contributed by atoms with Crippen molar-refractivity contribution in [3.8, 4) is 0 Å². The summed E-state index contributed by atoms with van der Waals surface area (Å²) in [4.78, 5) is 22.0. The van der Waals surface area contributed by atoms with Crippen LogP contribution in [-0.2, 0) is 14.9 Å². The van der Waals surface area contributed by atoms with Crippen molar-refractivity contribution in [1.29, 1.82) is 0 Å². The standard InChI is InChI=1S/C12H15N3O4/c1-13-14-11(16)6-12(7-19-8-12)9-3-2-4-10(5-9)15(17)18/h2-5,13H,6-8H2,1H3,(H,14,16). The van der Waals surface area contributed by atoms with Crippen molar-refractivity contribution >= 4 is 11.6 Å². The zero-order valence-corrected chi connectivity index (χ0v) is 10.5. The normalized spacial score (nSPS) is 16.5. The molecule has 1 amide bonds. The summed E-state index contributed by atoms with van der Waals surface area (Å²) in [6.07, 6.45) is 0.231. The summed E-state index contributed by atoms with van der Waals surface area (Å²) in [5.74, 6) is -0.169. The van der Waals surface area contributed by atoms with Crippen LogP contribution in [0.3, 0.4) is 0 Å². The van der Waals surface area contributed by atoms with E-state index in [1.165, 1.54) is 12.1 Å². The SMILES string of the molecule is CNNC(=O)CC1(c2cccc([N+](=O)[O-])c2)COC1. The third-order valence-electron chi connectivity index (χ3n) is 3.19. The second-order valence-corrected chi connectivity index (χ2v) is 4.56. The minimum absolute atomic E-state index is 0.0257. The first-order valence-electron chi connectivity index (χ1n) is 5.86. The number of carbonyl (C=O) groups is 1. The molecule has 19 heavy (non-hydrogen) atoms. The van der Waals surface area contributed by atoms with Gasteiger partial charge in [0.2, 0.25) is 5.91 Å². The van der Waals surface area contributed by atoms with Crippen molar-refractivity contribution in [2.24, 2.45) is 0 Å². The Morgan fingerprint density at radius 2 is 2.26 bits per heavy atom. The topological polar surface area (TPSA) is 93.5 Å². The van der Waals surface area contributed by atoms with Gasteiger partial charge in [-0.1, -0.05) is 12.1 Å². The molecule has 102 valence electrons. The lowest BCUT2D eigenvalue weighted by molar-refractivity contribution is -0.385. The number of ether oxygens (including phenoxy) is 1. The number of hydrazine groups is 1. The van der Waals surface area contributed by atoms with Gasteiger partial charge in [0, 0.05) is 25.6 Å². The number of non-ortho nitro benzene ring substituents is 1. The molecule has 1 aromatic rings. The molecule has 0 aliphatic carbocycles. The first kappa shape index (κ1) is 13.4. The Hall–Kier alpha value is -1.99. The van der Waals surface area contributed by atoms with Crippen LogP contribution < -0.4 is 10.9 Å². The molecule has 0 bridgehead atoms. The summed E-state index contributed by atoms with van der Waals surface area (Å²) in [6, 6.07) is 6.37. The summed E-state index contributed by atoms with van der Waals surface area (Å²) < 4.78 is 5.20. The minimum atomic E-state index is -0.465. The largest absolute Gasteiger partial charge is 0.379 e. The molecule has 0 radical (unpaired) electrons. The number of nitrogens with zero attached hydrogens (tertiary/aromatic N) is 1. The zero-order chi connectivity index (χ0) is 13.9. The average Bonchev–Trinajstić information content (AvgIpc) is 2.34. The summed E-state index contributed by atoms with van der Waals surface area (Å²) in [7, 11) is 1.61. The number of nitro groups is 1. The van der Waals surface area contributed by atoms with Gasteiger partial charge in [-0.05, 0) is 5.56 Å². The maximum atomic E-state index is 11.7. The molecule has 2 N–H and O–H groups in total. The van der Waals surface area contributed by atoms with E-state index in [9.17, 15) is 14.9 Å². The highest BCUT2D eigenvalue weighted by Crippen LogP contribution is 2.37. The van der Waals surface area contributed by atoms with Crippen LogP contribution >= 0.6 is 0 Å². The molecule has 0 saturated carbocycles. The number of nitro benzene ring substituents is 1. The summed E-state index contributed by atoms with van der Waals surface area (Å²) in [5, 5.41) is 10.8. The zero-order valence-electron chi connectivity index (χ0n) is 10.5. The smallest absolute Gasteiger partial charge is 0.269 e. The predicted octanol–water partition coefficient (Wildman–Crippen LogP) is 0.503. The molecule has 0 aromatic heterocycles. The molecule has 7 heteroatoms. The number of rotatable bonds is 5. The van der Waals surface area contributed by atoms with E-state index < -0.39 is 10.3 Å². The molecule has 1 aliphatic heterocycles. The first-order valence-corrected chi connectivity index (χ1v) is 5.86. The van der Waals surface area contributed by atoms with Crippen molar-refractivity contribution in [3.63, 3.8) is 0 Å². The molecule has 1 aliphatic rings. The number of benzene rings is 1. The molecule has 0 spiro atoms. The van der Waals surface area contributed by atoms with Crippen molar-refractivity contribution < 1.29 is 14.5 Å². The molecule has 1 fully saturated rings. The second-order valence-electron chi connectivity index (χ2n) is 4.56.